The second-order valence-corrected chi connectivity index (χ2v) is 4.98. The SMILES string of the molecule is Cc1nc(C(=O)N[C@@H](CC(=O)O)c2ccccc2)ccc1C#N. The number of pyridine rings is 1. The number of aryl methyl sites for hydroxylation is 1. The Balaban J connectivity index is 2.22. The van der Waals surface area contributed by atoms with Gasteiger partial charge in [-0.2, -0.15) is 5.26 Å². The highest BCUT2D eigenvalue weighted by Crippen LogP contribution is 2.17. The molecule has 0 saturated carbocycles. The second kappa shape index (κ2) is 7.18. The van der Waals surface area contributed by atoms with Crippen LogP contribution in [-0.4, -0.2) is 22.0 Å². The molecule has 0 fully saturated rings. The van der Waals surface area contributed by atoms with Crippen molar-refractivity contribution in [1.82, 2.24) is 10.3 Å². The van der Waals surface area contributed by atoms with Crippen molar-refractivity contribution in [3.63, 3.8) is 0 Å². The number of nitriles is 1. The van der Waals surface area contributed by atoms with E-state index in [1.165, 1.54) is 12.1 Å². The molecule has 1 atom stereocenters. The third-order valence-electron chi connectivity index (χ3n) is 3.32. The number of benzene rings is 1. The van der Waals surface area contributed by atoms with Gasteiger partial charge in [0.05, 0.1) is 23.7 Å². The van der Waals surface area contributed by atoms with Crippen LogP contribution in [0.4, 0.5) is 0 Å². The summed E-state index contributed by atoms with van der Waals surface area (Å²) in [6.45, 7) is 1.64. The first kappa shape index (κ1) is 16.2. The van der Waals surface area contributed by atoms with Crippen LogP contribution in [-0.2, 0) is 4.79 Å². The number of rotatable bonds is 5. The van der Waals surface area contributed by atoms with Crippen molar-refractivity contribution in [2.75, 3.05) is 0 Å². The maximum atomic E-state index is 12.3. The average molecular weight is 309 g/mol. The summed E-state index contributed by atoms with van der Waals surface area (Å²) in [7, 11) is 0. The van der Waals surface area contributed by atoms with E-state index >= 15 is 0 Å². The minimum absolute atomic E-state index is 0.146. The Morgan fingerprint density at radius 1 is 1.26 bits per heavy atom. The molecule has 2 N–H and O–H groups in total. The zero-order valence-corrected chi connectivity index (χ0v) is 12.5. The lowest BCUT2D eigenvalue weighted by Crippen LogP contribution is -2.31. The van der Waals surface area contributed by atoms with E-state index in [1.807, 2.05) is 12.1 Å². The number of carbonyl (C=O) groups is 2. The summed E-state index contributed by atoms with van der Waals surface area (Å²) in [5.74, 6) is -1.49. The molecule has 116 valence electrons. The lowest BCUT2D eigenvalue weighted by atomic mass is 10.0. The van der Waals surface area contributed by atoms with Crippen LogP contribution in [0, 0.1) is 18.3 Å². The Hall–Kier alpha value is -3.20. The van der Waals surface area contributed by atoms with Crippen LogP contribution in [0.5, 0.6) is 0 Å². The predicted molar refractivity (Wildman–Crippen MR) is 82.6 cm³/mol. The molecule has 1 heterocycles. The van der Waals surface area contributed by atoms with Crippen molar-refractivity contribution in [3.8, 4) is 6.07 Å². The van der Waals surface area contributed by atoms with Crippen molar-refractivity contribution in [3.05, 3.63) is 65.0 Å². The molecule has 0 aliphatic heterocycles. The number of hydrogen-bond donors (Lipinski definition) is 2. The van der Waals surface area contributed by atoms with Gasteiger partial charge < -0.3 is 10.4 Å². The van der Waals surface area contributed by atoms with Crippen LogP contribution in [0.2, 0.25) is 0 Å². The van der Waals surface area contributed by atoms with E-state index in [4.69, 9.17) is 10.4 Å². The molecule has 0 radical (unpaired) electrons. The fourth-order valence-electron chi connectivity index (χ4n) is 2.15. The molecule has 0 aliphatic rings. The lowest BCUT2D eigenvalue weighted by Gasteiger charge is -2.17. The van der Waals surface area contributed by atoms with Crippen LogP contribution >= 0.6 is 0 Å². The number of carboxylic acids is 1. The molecule has 2 rings (SSSR count). The number of aliphatic carboxylic acids is 1. The molecule has 23 heavy (non-hydrogen) atoms. The molecule has 0 unspecified atom stereocenters. The minimum Gasteiger partial charge on any atom is -0.481 e. The van der Waals surface area contributed by atoms with Gasteiger partial charge in [-0.3, -0.25) is 9.59 Å². The van der Waals surface area contributed by atoms with Crippen molar-refractivity contribution in [2.24, 2.45) is 0 Å². The molecule has 6 heteroatoms. The Labute approximate surface area is 133 Å². The molecule has 6 nitrogen and oxygen atoms in total. The summed E-state index contributed by atoms with van der Waals surface area (Å²) in [6.07, 6.45) is -0.231. The summed E-state index contributed by atoms with van der Waals surface area (Å²) in [5, 5.41) is 20.6. The molecule has 0 saturated heterocycles. The third-order valence-corrected chi connectivity index (χ3v) is 3.32. The summed E-state index contributed by atoms with van der Waals surface area (Å²) in [5.41, 5.74) is 1.70. The first-order valence-corrected chi connectivity index (χ1v) is 6.96. The minimum atomic E-state index is -1.01. The van der Waals surface area contributed by atoms with Gasteiger partial charge in [-0.1, -0.05) is 30.3 Å². The monoisotopic (exact) mass is 309 g/mol. The quantitative estimate of drug-likeness (QED) is 0.881. The second-order valence-electron chi connectivity index (χ2n) is 4.98. The van der Waals surface area contributed by atoms with Gasteiger partial charge in [0.25, 0.3) is 5.91 Å². The van der Waals surface area contributed by atoms with Gasteiger partial charge in [0.2, 0.25) is 0 Å². The summed E-state index contributed by atoms with van der Waals surface area (Å²) < 4.78 is 0. The van der Waals surface area contributed by atoms with Crippen LogP contribution in [0.15, 0.2) is 42.5 Å². The first-order valence-electron chi connectivity index (χ1n) is 6.96. The lowest BCUT2D eigenvalue weighted by molar-refractivity contribution is -0.137. The van der Waals surface area contributed by atoms with E-state index in [9.17, 15) is 9.59 Å². The van der Waals surface area contributed by atoms with Gasteiger partial charge in [0.15, 0.2) is 0 Å². The van der Waals surface area contributed by atoms with Gasteiger partial charge in [0, 0.05) is 0 Å². The largest absolute Gasteiger partial charge is 0.481 e. The molecular weight excluding hydrogens is 294 g/mol. The molecule has 2 aromatic rings. The Morgan fingerprint density at radius 3 is 2.52 bits per heavy atom. The van der Waals surface area contributed by atoms with Gasteiger partial charge in [0.1, 0.15) is 11.8 Å². The van der Waals surface area contributed by atoms with Crippen LogP contribution in [0.25, 0.3) is 0 Å². The summed E-state index contributed by atoms with van der Waals surface area (Å²) in [6, 6.07) is 13.2. The van der Waals surface area contributed by atoms with E-state index < -0.39 is 17.9 Å². The Morgan fingerprint density at radius 2 is 1.96 bits per heavy atom. The molecule has 0 aliphatic carbocycles. The predicted octanol–water partition coefficient (Wildman–Crippen LogP) is 2.21. The Kier molecular flexibility index (Phi) is 5.05. The van der Waals surface area contributed by atoms with Crippen LogP contribution < -0.4 is 5.32 Å². The van der Waals surface area contributed by atoms with Gasteiger partial charge in [-0.15, -0.1) is 0 Å². The molecule has 1 aromatic carbocycles. The fourth-order valence-corrected chi connectivity index (χ4v) is 2.15. The van der Waals surface area contributed by atoms with E-state index in [-0.39, 0.29) is 12.1 Å². The first-order chi connectivity index (χ1) is 11.0. The molecule has 1 aromatic heterocycles. The molecule has 0 spiro atoms. The van der Waals surface area contributed by atoms with E-state index in [0.29, 0.717) is 16.8 Å². The van der Waals surface area contributed by atoms with Gasteiger partial charge in [-0.05, 0) is 24.6 Å². The normalized spacial score (nSPS) is 11.3. The highest BCUT2D eigenvalue weighted by molar-refractivity contribution is 5.93. The number of carbonyl (C=O) groups excluding carboxylic acids is 1. The highest BCUT2D eigenvalue weighted by Gasteiger charge is 2.19. The summed E-state index contributed by atoms with van der Waals surface area (Å²) in [4.78, 5) is 27.4. The molecular formula is C17H15N3O3. The topological polar surface area (TPSA) is 103 Å². The fraction of sp³-hybridized carbons (Fsp3) is 0.176. The van der Waals surface area contributed by atoms with Gasteiger partial charge >= 0.3 is 5.97 Å². The van der Waals surface area contributed by atoms with Crippen LogP contribution in [0.1, 0.15) is 39.8 Å². The number of aromatic nitrogens is 1. The van der Waals surface area contributed by atoms with Crippen molar-refractivity contribution < 1.29 is 14.7 Å². The molecule has 0 bridgehead atoms. The van der Waals surface area contributed by atoms with E-state index in [1.54, 1.807) is 31.2 Å². The van der Waals surface area contributed by atoms with Gasteiger partial charge in [-0.25, -0.2) is 4.98 Å². The number of hydrogen-bond acceptors (Lipinski definition) is 4. The van der Waals surface area contributed by atoms with Crippen molar-refractivity contribution >= 4 is 11.9 Å². The maximum absolute atomic E-state index is 12.3. The number of nitrogens with one attached hydrogen (secondary N) is 1. The number of amides is 1. The zero-order chi connectivity index (χ0) is 16.8. The average Bonchev–Trinajstić information content (AvgIpc) is 2.54. The smallest absolute Gasteiger partial charge is 0.305 e. The standard InChI is InChI=1S/C17H15N3O3/c1-11-13(10-18)7-8-14(19-11)17(23)20-15(9-16(21)22)12-5-3-2-4-6-12/h2-8,15H,9H2,1H3,(H,20,23)(H,21,22)/t15-/m0/s1. The van der Waals surface area contributed by atoms with Crippen LogP contribution in [0.3, 0.4) is 0 Å². The summed E-state index contributed by atoms with van der Waals surface area (Å²) >= 11 is 0. The van der Waals surface area contributed by atoms with Crippen molar-refractivity contribution in [2.45, 2.75) is 19.4 Å². The highest BCUT2D eigenvalue weighted by atomic mass is 16.4. The maximum Gasteiger partial charge on any atom is 0.305 e. The molecule has 1 amide bonds. The van der Waals surface area contributed by atoms with Crippen molar-refractivity contribution in [1.29, 1.82) is 5.26 Å². The van der Waals surface area contributed by atoms with E-state index in [2.05, 4.69) is 10.3 Å². The number of carboxylic acid groups (broad SMARTS) is 1. The Bertz CT molecular complexity index is 766. The number of nitrogens with zero attached hydrogens (tertiary/aromatic N) is 2. The zero-order valence-electron chi connectivity index (χ0n) is 12.5. The van der Waals surface area contributed by atoms with E-state index in [0.717, 1.165) is 0 Å². The third kappa shape index (κ3) is 4.14.